The van der Waals surface area contributed by atoms with Crippen molar-refractivity contribution in [3.05, 3.63) is 41.2 Å². The Morgan fingerprint density at radius 1 is 1.22 bits per heavy atom. The Kier molecular flexibility index (Phi) is 5.92. The van der Waals surface area contributed by atoms with Gasteiger partial charge in [0.05, 0.1) is 5.56 Å². The number of nitrogens with two attached hydrogens (primary N) is 1. The third-order valence-corrected chi connectivity index (χ3v) is 4.92. The van der Waals surface area contributed by atoms with Crippen LogP contribution in [0.2, 0.25) is 0 Å². The SMILES string of the molecule is CNc1ccc(C)c(C#CC(=N)c2c(N)ncnc2NC2CCCCC2)c1. The first-order valence-electron chi connectivity index (χ1n) is 9.35. The second kappa shape index (κ2) is 8.54. The maximum absolute atomic E-state index is 8.46. The van der Waals surface area contributed by atoms with Gasteiger partial charge in [-0.25, -0.2) is 9.97 Å². The van der Waals surface area contributed by atoms with E-state index in [2.05, 4.69) is 32.4 Å². The fraction of sp³-hybridized carbons (Fsp3) is 0.381. The average molecular weight is 362 g/mol. The van der Waals surface area contributed by atoms with Gasteiger partial charge in [-0.1, -0.05) is 31.2 Å². The molecule has 140 valence electrons. The molecule has 5 N–H and O–H groups in total. The molecular formula is C21H26N6. The number of hydrogen-bond acceptors (Lipinski definition) is 6. The van der Waals surface area contributed by atoms with Gasteiger partial charge >= 0.3 is 0 Å². The van der Waals surface area contributed by atoms with Crippen molar-refractivity contribution in [2.75, 3.05) is 23.4 Å². The van der Waals surface area contributed by atoms with E-state index in [4.69, 9.17) is 11.1 Å². The summed E-state index contributed by atoms with van der Waals surface area (Å²) < 4.78 is 0. The molecule has 0 aliphatic heterocycles. The van der Waals surface area contributed by atoms with E-state index >= 15 is 0 Å². The molecule has 1 aliphatic rings. The highest BCUT2D eigenvalue weighted by Crippen LogP contribution is 2.24. The third-order valence-electron chi connectivity index (χ3n) is 4.92. The normalized spacial score (nSPS) is 14.1. The molecule has 0 radical (unpaired) electrons. The van der Waals surface area contributed by atoms with Gasteiger partial charge in [0.1, 0.15) is 23.7 Å². The summed E-state index contributed by atoms with van der Waals surface area (Å²) in [6.07, 6.45) is 7.36. The molecule has 1 heterocycles. The summed E-state index contributed by atoms with van der Waals surface area (Å²) in [5.41, 5.74) is 9.60. The molecule has 0 atom stereocenters. The van der Waals surface area contributed by atoms with Gasteiger partial charge in [-0.2, -0.15) is 0 Å². The first-order chi connectivity index (χ1) is 13.1. The fourth-order valence-corrected chi connectivity index (χ4v) is 3.30. The summed E-state index contributed by atoms with van der Waals surface area (Å²) >= 11 is 0. The van der Waals surface area contributed by atoms with Crippen LogP contribution in [0.1, 0.15) is 48.8 Å². The quantitative estimate of drug-likeness (QED) is 0.492. The van der Waals surface area contributed by atoms with Crippen molar-refractivity contribution in [2.24, 2.45) is 0 Å². The summed E-state index contributed by atoms with van der Waals surface area (Å²) in [6, 6.07) is 6.35. The van der Waals surface area contributed by atoms with Gasteiger partial charge in [-0.05, 0) is 43.4 Å². The molecule has 2 aromatic rings. The lowest BCUT2D eigenvalue weighted by molar-refractivity contribution is 0.462. The van der Waals surface area contributed by atoms with Gasteiger partial charge in [0, 0.05) is 24.3 Å². The van der Waals surface area contributed by atoms with Crippen LogP contribution in [0.4, 0.5) is 17.3 Å². The Morgan fingerprint density at radius 2 is 2.00 bits per heavy atom. The topological polar surface area (TPSA) is 99.7 Å². The second-order valence-corrected chi connectivity index (χ2v) is 6.87. The maximum atomic E-state index is 8.46. The summed E-state index contributed by atoms with van der Waals surface area (Å²) in [5, 5.41) is 15.0. The van der Waals surface area contributed by atoms with Crippen LogP contribution in [0.25, 0.3) is 0 Å². The van der Waals surface area contributed by atoms with Crippen molar-refractivity contribution < 1.29 is 0 Å². The van der Waals surface area contributed by atoms with Crippen LogP contribution >= 0.6 is 0 Å². The number of hydrogen-bond donors (Lipinski definition) is 4. The summed E-state index contributed by atoms with van der Waals surface area (Å²) in [4.78, 5) is 8.40. The van der Waals surface area contributed by atoms with Gasteiger partial charge in [0.25, 0.3) is 0 Å². The molecule has 0 spiro atoms. The summed E-state index contributed by atoms with van der Waals surface area (Å²) in [6.45, 7) is 2.00. The predicted molar refractivity (Wildman–Crippen MR) is 111 cm³/mol. The van der Waals surface area contributed by atoms with Gasteiger partial charge in [-0.3, -0.25) is 5.41 Å². The van der Waals surface area contributed by atoms with Crippen molar-refractivity contribution in [1.82, 2.24) is 9.97 Å². The largest absolute Gasteiger partial charge is 0.388 e. The Hall–Kier alpha value is -3.07. The minimum atomic E-state index is 0.126. The Bertz CT molecular complexity index is 887. The molecule has 6 heteroatoms. The lowest BCUT2D eigenvalue weighted by Gasteiger charge is -2.24. The number of benzene rings is 1. The zero-order chi connectivity index (χ0) is 19.2. The molecule has 1 aliphatic carbocycles. The minimum absolute atomic E-state index is 0.126. The van der Waals surface area contributed by atoms with Crippen LogP contribution in [-0.4, -0.2) is 28.8 Å². The predicted octanol–water partition coefficient (Wildman–Crippen LogP) is 3.57. The van der Waals surface area contributed by atoms with Gasteiger partial charge < -0.3 is 16.4 Å². The number of nitrogens with zero attached hydrogens (tertiary/aromatic N) is 2. The number of aryl methyl sites for hydroxylation is 1. The third kappa shape index (κ3) is 4.56. The average Bonchev–Trinajstić information content (AvgIpc) is 2.68. The number of nitrogens with one attached hydrogen (secondary N) is 3. The molecule has 1 aromatic heterocycles. The van der Waals surface area contributed by atoms with Crippen LogP contribution in [0.15, 0.2) is 24.5 Å². The zero-order valence-corrected chi connectivity index (χ0v) is 15.9. The molecule has 1 fully saturated rings. The van der Waals surface area contributed by atoms with Crippen LogP contribution < -0.4 is 16.4 Å². The monoisotopic (exact) mass is 362 g/mol. The standard InChI is InChI=1S/C21H26N6/c1-14-8-10-17(24-2)12-15(14)9-11-18(22)19-20(23)25-13-26-21(19)27-16-6-4-3-5-7-16/h8,10,12-13,16,22,24H,3-7H2,1-2H3,(H3,23,25,26,27). The van der Waals surface area contributed by atoms with Crippen LogP contribution in [0.3, 0.4) is 0 Å². The molecule has 3 rings (SSSR count). The van der Waals surface area contributed by atoms with E-state index in [1.807, 2.05) is 32.2 Å². The molecule has 0 amide bonds. The van der Waals surface area contributed by atoms with E-state index < -0.39 is 0 Å². The molecule has 1 saturated carbocycles. The Morgan fingerprint density at radius 3 is 2.74 bits per heavy atom. The number of nitrogen functional groups attached to an aromatic ring is 1. The first kappa shape index (κ1) is 18.7. The highest BCUT2D eigenvalue weighted by Gasteiger charge is 2.18. The molecule has 0 unspecified atom stereocenters. The molecule has 27 heavy (non-hydrogen) atoms. The van der Waals surface area contributed by atoms with Gasteiger partial charge in [-0.15, -0.1) is 0 Å². The highest BCUT2D eigenvalue weighted by molar-refractivity contribution is 6.16. The van der Waals surface area contributed by atoms with E-state index in [-0.39, 0.29) is 11.5 Å². The van der Waals surface area contributed by atoms with E-state index in [0.717, 1.165) is 29.7 Å². The molecular weight excluding hydrogens is 336 g/mol. The van der Waals surface area contributed by atoms with Crippen LogP contribution in [-0.2, 0) is 0 Å². The van der Waals surface area contributed by atoms with Crippen molar-refractivity contribution in [3.8, 4) is 11.8 Å². The molecule has 1 aromatic carbocycles. The van der Waals surface area contributed by atoms with E-state index in [1.165, 1.54) is 25.6 Å². The van der Waals surface area contributed by atoms with Crippen LogP contribution in [0.5, 0.6) is 0 Å². The maximum Gasteiger partial charge on any atom is 0.141 e. The van der Waals surface area contributed by atoms with Crippen molar-refractivity contribution in [2.45, 2.75) is 45.1 Å². The first-order valence-corrected chi connectivity index (χ1v) is 9.35. The van der Waals surface area contributed by atoms with Crippen molar-refractivity contribution in [3.63, 3.8) is 0 Å². The van der Waals surface area contributed by atoms with E-state index in [9.17, 15) is 0 Å². The minimum Gasteiger partial charge on any atom is -0.388 e. The zero-order valence-electron chi connectivity index (χ0n) is 15.9. The highest BCUT2D eigenvalue weighted by atomic mass is 15.1. The molecule has 0 bridgehead atoms. The lowest BCUT2D eigenvalue weighted by Crippen LogP contribution is -2.24. The summed E-state index contributed by atoms with van der Waals surface area (Å²) in [5.74, 6) is 6.91. The number of rotatable bonds is 4. The summed E-state index contributed by atoms with van der Waals surface area (Å²) in [7, 11) is 1.87. The van der Waals surface area contributed by atoms with Gasteiger partial charge in [0.15, 0.2) is 0 Å². The number of aromatic nitrogens is 2. The molecule has 6 nitrogen and oxygen atoms in total. The number of anilines is 3. The Balaban J connectivity index is 1.87. The van der Waals surface area contributed by atoms with Gasteiger partial charge in [0.2, 0.25) is 0 Å². The smallest absolute Gasteiger partial charge is 0.141 e. The molecule has 0 saturated heterocycles. The van der Waals surface area contributed by atoms with E-state index in [1.54, 1.807) is 0 Å². The van der Waals surface area contributed by atoms with Crippen LogP contribution in [0, 0.1) is 24.2 Å². The van der Waals surface area contributed by atoms with Crippen molar-refractivity contribution in [1.29, 1.82) is 5.41 Å². The lowest BCUT2D eigenvalue weighted by atomic mass is 9.95. The fourth-order valence-electron chi connectivity index (χ4n) is 3.30. The Labute approximate surface area is 160 Å². The van der Waals surface area contributed by atoms with E-state index in [0.29, 0.717) is 17.4 Å². The van der Waals surface area contributed by atoms with Crippen molar-refractivity contribution >= 4 is 23.0 Å². The second-order valence-electron chi connectivity index (χ2n) is 6.87.